The lowest BCUT2D eigenvalue weighted by atomic mass is 9.95. The molecule has 1 fully saturated rings. The maximum Gasteiger partial charge on any atom is 0.269 e. The van der Waals surface area contributed by atoms with Gasteiger partial charge < -0.3 is 9.97 Å². The smallest absolute Gasteiger partial charge is 0.269 e. The average Bonchev–Trinajstić information content (AvgIpc) is 4.24. The van der Waals surface area contributed by atoms with Gasteiger partial charge in [-0.25, -0.2) is 4.98 Å². The minimum absolute atomic E-state index is 0.00762. The molecule has 0 unspecified atom stereocenters. The lowest BCUT2D eigenvalue weighted by molar-refractivity contribution is -0.385. The second kappa shape index (κ2) is 17.3. The molecule has 5 heterocycles. The molecule has 0 atom stereocenters. The van der Waals surface area contributed by atoms with Crippen LogP contribution in [-0.4, -0.2) is 58.7 Å². The Hall–Kier alpha value is -9.41. The fourth-order valence-electron chi connectivity index (χ4n) is 9.91. The molecule has 2 aliphatic carbocycles. The topological polar surface area (TPSA) is 220 Å². The quantitative estimate of drug-likeness (QED) is 0.103. The Morgan fingerprint density at radius 2 is 0.743 bits per heavy atom. The number of hydrogen-bond donors (Lipinski definition) is 2. The number of allylic oxidation sites excluding steroid dienone is 4. The Balaban J connectivity index is 1.32. The number of hydrogen-bond acceptors (Lipinski definition) is 10. The number of benzene rings is 4. The first kappa shape index (κ1) is 43.2. The summed E-state index contributed by atoms with van der Waals surface area (Å²) in [5, 5.41) is 47.6. The molecule has 0 spiro atoms. The van der Waals surface area contributed by atoms with Crippen molar-refractivity contribution >= 4 is 68.1 Å². The van der Waals surface area contributed by atoms with Gasteiger partial charge in [0, 0.05) is 98.9 Å². The van der Waals surface area contributed by atoms with Crippen molar-refractivity contribution in [1.29, 1.82) is 0 Å². The molecule has 8 bridgehead atoms. The first-order chi connectivity index (χ1) is 34.0. The third-order valence-electron chi connectivity index (χ3n) is 13.2. The highest BCUT2D eigenvalue weighted by atomic mass is 16.6. The SMILES string of the molecule is O=[N+]([O-])c1ccc(-c2c3cc(c(-c4ccc([N+](=O)[O-])cc4)c4ccc([nH]4)c(-c4ccc([N+](=O)[O-])cc4)c4nc(c(-c5ccc([N+](=O)[O-])cc5)c5ccc2[nH]5)C=C4)C2=C3C=CC(N3CCCC3)C=C2)cc1. The number of fused-ring (bicyclic) bond motifs is 10. The molecule has 11 rings (SSSR count). The number of aromatic nitrogens is 3. The van der Waals surface area contributed by atoms with Gasteiger partial charge in [-0.2, -0.15) is 0 Å². The first-order valence-electron chi connectivity index (χ1n) is 22.4. The van der Waals surface area contributed by atoms with Crippen molar-refractivity contribution in [3.63, 3.8) is 0 Å². The predicted octanol–water partition coefficient (Wildman–Crippen LogP) is 12.9. The van der Waals surface area contributed by atoms with E-state index in [1.165, 1.54) is 48.5 Å². The predicted molar refractivity (Wildman–Crippen MR) is 270 cm³/mol. The average molecular weight is 927 g/mol. The van der Waals surface area contributed by atoms with Gasteiger partial charge in [0.2, 0.25) is 0 Å². The Labute approximate surface area is 397 Å². The molecular formula is C54H38N8O8. The summed E-state index contributed by atoms with van der Waals surface area (Å²) in [5.41, 5.74) is 12.0. The second-order valence-electron chi connectivity index (χ2n) is 17.3. The van der Waals surface area contributed by atoms with Gasteiger partial charge in [-0.3, -0.25) is 45.4 Å². The van der Waals surface area contributed by atoms with Crippen molar-refractivity contribution in [3.05, 3.63) is 215 Å². The number of H-pyrrole nitrogens is 2. The van der Waals surface area contributed by atoms with E-state index in [4.69, 9.17) is 4.98 Å². The summed E-state index contributed by atoms with van der Waals surface area (Å²) in [7, 11) is 0. The van der Waals surface area contributed by atoms with Crippen molar-refractivity contribution in [1.82, 2.24) is 19.9 Å². The maximum absolute atomic E-state index is 12.0. The summed E-state index contributed by atoms with van der Waals surface area (Å²) < 4.78 is 0. The summed E-state index contributed by atoms with van der Waals surface area (Å²) >= 11 is 0. The summed E-state index contributed by atoms with van der Waals surface area (Å²) in [6, 6.07) is 35.1. The van der Waals surface area contributed by atoms with E-state index in [9.17, 15) is 40.5 Å². The van der Waals surface area contributed by atoms with E-state index >= 15 is 0 Å². The number of aromatic amines is 2. The summed E-state index contributed by atoms with van der Waals surface area (Å²) in [4.78, 5) is 60.8. The summed E-state index contributed by atoms with van der Waals surface area (Å²) in [6.07, 6.45) is 14.5. The molecule has 16 heteroatoms. The summed E-state index contributed by atoms with van der Waals surface area (Å²) in [6.45, 7) is 1.89. The normalized spacial score (nSPS) is 14.5. The van der Waals surface area contributed by atoms with Crippen LogP contribution in [0.1, 0.15) is 35.4 Å². The standard InChI is InChI=1S/C54H38N8O8/c63-59(64)37-11-3-32(4-12-37)51-43-31-44(42-22-20-36(19-21-41(42)43)58-29-1-2-30-58)52(33-5-13-38(14-6-33)60(65)66)46-24-26-48(56-46)54(35-9-17-40(18-10-35)62(69)70)50-28-27-49(57-50)53(47-25-23-45(51)55-47)34-7-15-39(16-8-34)61(67)68/h3-28,31,36,55-56H,1-2,29-30H2. The lowest BCUT2D eigenvalue weighted by Gasteiger charge is -2.21. The first-order valence-corrected chi connectivity index (χ1v) is 22.4. The Morgan fingerprint density at radius 1 is 0.429 bits per heavy atom. The molecule has 0 saturated carbocycles. The largest absolute Gasteiger partial charge is 0.354 e. The van der Waals surface area contributed by atoms with Crippen LogP contribution in [0, 0.1) is 40.5 Å². The molecule has 7 aromatic rings. The molecule has 1 saturated heterocycles. The van der Waals surface area contributed by atoms with Crippen molar-refractivity contribution in [2.24, 2.45) is 0 Å². The van der Waals surface area contributed by atoms with E-state index in [-0.39, 0.29) is 28.8 Å². The molecular weight excluding hydrogens is 889 g/mol. The van der Waals surface area contributed by atoms with Crippen LogP contribution in [0.4, 0.5) is 22.7 Å². The van der Waals surface area contributed by atoms with Crippen LogP contribution < -0.4 is 0 Å². The maximum atomic E-state index is 12.0. The van der Waals surface area contributed by atoms with E-state index in [2.05, 4.69) is 45.2 Å². The Bertz CT molecular complexity index is 3430. The Kier molecular flexibility index (Phi) is 10.7. The lowest BCUT2D eigenvalue weighted by Crippen LogP contribution is -2.29. The van der Waals surface area contributed by atoms with E-state index < -0.39 is 19.7 Å². The highest BCUT2D eigenvalue weighted by molar-refractivity contribution is 6.13. The van der Waals surface area contributed by atoms with Gasteiger partial charge in [-0.05, 0) is 161 Å². The number of nitrogens with one attached hydrogen (secondary N) is 2. The van der Waals surface area contributed by atoms with Crippen LogP contribution in [0.5, 0.6) is 0 Å². The van der Waals surface area contributed by atoms with Crippen molar-refractivity contribution in [3.8, 4) is 44.5 Å². The molecule has 0 amide bonds. The zero-order valence-corrected chi connectivity index (χ0v) is 36.9. The van der Waals surface area contributed by atoms with Gasteiger partial charge in [-0.1, -0.05) is 24.3 Å². The van der Waals surface area contributed by atoms with E-state index in [0.29, 0.717) is 66.8 Å². The number of nitro groups is 4. The summed E-state index contributed by atoms with van der Waals surface area (Å²) in [5.74, 6) is 0. The van der Waals surface area contributed by atoms with Crippen LogP contribution >= 0.6 is 0 Å². The van der Waals surface area contributed by atoms with Crippen LogP contribution in [-0.2, 0) is 0 Å². The molecule has 0 radical (unpaired) electrons. The van der Waals surface area contributed by atoms with E-state index in [1.54, 1.807) is 48.5 Å². The number of likely N-dealkylation sites (tertiary alicyclic amines) is 1. The Morgan fingerprint density at radius 3 is 1.07 bits per heavy atom. The minimum Gasteiger partial charge on any atom is -0.354 e. The van der Waals surface area contributed by atoms with E-state index in [0.717, 1.165) is 59.3 Å². The zero-order valence-electron chi connectivity index (χ0n) is 36.9. The van der Waals surface area contributed by atoms with Crippen molar-refractivity contribution < 1.29 is 19.7 Å². The fraction of sp³-hybridized carbons (Fsp3) is 0.0926. The van der Waals surface area contributed by atoms with Gasteiger partial charge in [0.05, 0.1) is 31.1 Å². The minimum atomic E-state index is -0.459. The molecule has 3 aromatic heterocycles. The monoisotopic (exact) mass is 926 g/mol. The third kappa shape index (κ3) is 7.73. The highest BCUT2D eigenvalue weighted by Gasteiger charge is 2.28. The van der Waals surface area contributed by atoms with Crippen LogP contribution in [0.3, 0.4) is 0 Å². The van der Waals surface area contributed by atoms with Gasteiger partial charge >= 0.3 is 0 Å². The van der Waals surface area contributed by atoms with Crippen LogP contribution in [0.15, 0.2) is 152 Å². The molecule has 16 nitrogen and oxygen atoms in total. The highest BCUT2D eigenvalue weighted by Crippen LogP contribution is 2.47. The van der Waals surface area contributed by atoms with Gasteiger partial charge in [0.1, 0.15) is 0 Å². The number of nitrogens with zero attached hydrogens (tertiary/aromatic N) is 6. The third-order valence-corrected chi connectivity index (χ3v) is 13.2. The second-order valence-corrected chi connectivity index (χ2v) is 17.3. The molecule has 4 aromatic carbocycles. The molecule has 342 valence electrons. The molecule has 2 aliphatic heterocycles. The van der Waals surface area contributed by atoms with Gasteiger partial charge in [0.25, 0.3) is 22.7 Å². The van der Waals surface area contributed by atoms with Gasteiger partial charge in [-0.15, -0.1) is 0 Å². The van der Waals surface area contributed by atoms with Crippen molar-refractivity contribution in [2.45, 2.75) is 18.9 Å². The van der Waals surface area contributed by atoms with Crippen molar-refractivity contribution in [2.75, 3.05) is 13.1 Å². The number of non-ortho nitro benzene ring substituents is 4. The fourth-order valence-corrected chi connectivity index (χ4v) is 9.91. The van der Waals surface area contributed by atoms with Crippen LogP contribution in [0.2, 0.25) is 0 Å². The van der Waals surface area contributed by atoms with Gasteiger partial charge in [0.15, 0.2) is 0 Å². The number of nitro benzene ring substituents is 4. The van der Waals surface area contributed by atoms with E-state index in [1.807, 2.05) is 36.4 Å². The number of rotatable bonds is 9. The molecule has 4 aliphatic rings. The molecule has 2 N–H and O–H groups in total. The van der Waals surface area contributed by atoms with Crippen LogP contribution in [0.25, 0.3) is 89.9 Å². The molecule has 70 heavy (non-hydrogen) atoms. The zero-order chi connectivity index (χ0) is 48.2.